The SMILES string of the molecule is CCc1[nH]c(C(=O)Nc2ccc(SC)cc2)c(C)c1C(=O)OC. The van der Waals surface area contributed by atoms with E-state index in [0.717, 1.165) is 4.90 Å². The van der Waals surface area contributed by atoms with Crippen LogP contribution in [0.5, 0.6) is 0 Å². The van der Waals surface area contributed by atoms with Crippen molar-refractivity contribution in [3.8, 4) is 0 Å². The molecule has 0 saturated carbocycles. The number of aromatic amines is 1. The van der Waals surface area contributed by atoms with Crippen LogP contribution in [-0.4, -0.2) is 30.2 Å². The zero-order chi connectivity index (χ0) is 17.0. The highest BCUT2D eigenvalue weighted by Crippen LogP contribution is 2.22. The lowest BCUT2D eigenvalue weighted by Crippen LogP contribution is -2.14. The molecular weight excluding hydrogens is 312 g/mol. The Morgan fingerprint density at radius 3 is 2.43 bits per heavy atom. The van der Waals surface area contributed by atoms with Crippen molar-refractivity contribution in [3.63, 3.8) is 0 Å². The van der Waals surface area contributed by atoms with E-state index < -0.39 is 5.97 Å². The zero-order valence-corrected chi connectivity index (χ0v) is 14.5. The molecular formula is C17H20N2O3S. The maximum atomic E-state index is 12.5. The molecule has 0 aliphatic carbocycles. The van der Waals surface area contributed by atoms with Gasteiger partial charge in [-0.25, -0.2) is 4.79 Å². The van der Waals surface area contributed by atoms with Crippen LogP contribution in [0, 0.1) is 6.92 Å². The molecule has 0 saturated heterocycles. The lowest BCUT2D eigenvalue weighted by molar-refractivity contribution is 0.0599. The Kier molecular flexibility index (Phi) is 5.50. The first-order chi connectivity index (χ1) is 11.0. The number of esters is 1. The number of aryl methyl sites for hydroxylation is 1. The van der Waals surface area contributed by atoms with Crippen LogP contribution in [0.2, 0.25) is 0 Å². The summed E-state index contributed by atoms with van der Waals surface area (Å²) in [5.74, 6) is -0.705. The van der Waals surface area contributed by atoms with Crippen LogP contribution in [0.15, 0.2) is 29.2 Å². The summed E-state index contributed by atoms with van der Waals surface area (Å²) >= 11 is 1.64. The van der Waals surface area contributed by atoms with Gasteiger partial charge in [-0.1, -0.05) is 6.92 Å². The molecule has 6 heteroatoms. The van der Waals surface area contributed by atoms with E-state index in [2.05, 4.69) is 10.3 Å². The lowest BCUT2D eigenvalue weighted by atomic mass is 10.1. The highest BCUT2D eigenvalue weighted by Gasteiger charge is 2.23. The quantitative estimate of drug-likeness (QED) is 0.648. The number of nitrogens with one attached hydrogen (secondary N) is 2. The summed E-state index contributed by atoms with van der Waals surface area (Å²) < 4.78 is 4.80. The van der Waals surface area contributed by atoms with E-state index >= 15 is 0 Å². The Hall–Kier alpha value is -2.21. The van der Waals surface area contributed by atoms with E-state index in [-0.39, 0.29) is 5.91 Å². The molecule has 1 amide bonds. The van der Waals surface area contributed by atoms with Gasteiger partial charge in [-0.2, -0.15) is 0 Å². The van der Waals surface area contributed by atoms with Gasteiger partial charge in [0.15, 0.2) is 0 Å². The smallest absolute Gasteiger partial charge is 0.339 e. The Labute approximate surface area is 139 Å². The van der Waals surface area contributed by atoms with Crippen molar-refractivity contribution in [3.05, 3.63) is 46.8 Å². The van der Waals surface area contributed by atoms with Crippen molar-refractivity contribution < 1.29 is 14.3 Å². The lowest BCUT2D eigenvalue weighted by Gasteiger charge is -2.06. The Bertz CT molecular complexity index is 720. The number of hydrogen-bond donors (Lipinski definition) is 2. The summed E-state index contributed by atoms with van der Waals surface area (Å²) in [6.45, 7) is 3.66. The number of H-pyrrole nitrogens is 1. The first-order valence-corrected chi connectivity index (χ1v) is 8.49. The number of anilines is 1. The standard InChI is InChI=1S/C17H20N2O3S/c1-5-13-14(17(21)22-3)10(2)15(19-13)16(20)18-11-6-8-12(23-4)9-7-11/h6-9,19H,5H2,1-4H3,(H,18,20). The molecule has 1 heterocycles. The van der Waals surface area contributed by atoms with Crippen LogP contribution in [0.4, 0.5) is 5.69 Å². The van der Waals surface area contributed by atoms with Crippen molar-refractivity contribution in [2.45, 2.75) is 25.2 Å². The number of ether oxygens (including phenoxy) is 1. The van der Waals surface area contributed by atoms with Crippen LogP contribution in [0.1, 0.15) is 39.0 Å². The zero-order valence-electron chi connectivity index (χ0n) is 13.6. The monoisotopic (exact) mass is 332 g/mol. The fourth-order valence-corrected chi connectivity index (χ4v) is 2.81. The summed E-state index contributed by atoms with van der Waals surface area (Å²) in [4.78, 5) is 28.6. The number of amides is 1. The van der Waals surface area contributed by atoms with E-state index in [0.29, 0.717) is 34.6 Å². The predicted molar refractivity (Wildman–Crippen MR) is 92.4 cm³/mol. The van der Waals surface area contributed by atoms with Gasteiger partial charge in [0.2, 0.25) is 0 Å². The van der Waals surface area contributed by atoms with E-state index in [1.165, 1.54) is 7.11 Å². The van der Waals surface area contributed by atoms with Gasteiger partial charge in [0.25, 0.3) is 5.91 Å². The van der Waals surface area contributed by atoms with Gasteiger partial charge in [-0.15, -0.1) is 11.8 Å². The number of benzene rings is 1. The third-order valence-corrected chi connectivity index (χ3v) is 4.39. The molecule has 5 nitrogen and oxygen atoms in total. The number of carbonyl (C=O) groups is 2. The van der Waals surface area contributed by atoms with Crippen molar-refractivity contribution in [1.82, 2.24) is 4.98 Å². The largest absolute Gasteiger partial charge is 0.465 e. The van der Waals surface area contributed by atoms with Crippen molar-refractivity contribution >= 4 is 29.3 Å². The molecule has 2 N–H and O–H groups in total. The maximum Gasteiger partial charge on any atom is 0.339 e. The molecule has 1 aromatic carbocycles. The van der Waals surface area contributed by atoms with Gasteiger partial charge in [0.1, 0.15) is 5.69 Å². The average Bonchev–Trinajstić information content (AvgIpc) is 2.91. The highest BCUT2D eigenvalue weighted by molar-refractivity contribution is 7.98. The van der Waals surface area contributed by atoms with E-state index in [4.69, 9.17) is 4.74 Å². The maximum absolute atomic E-state index is 12.5. The first kappa shape index (κ1) is 17.1. The minimum absolute atomic E-state index is 0.274. The Balaban J connectivity index is 2.28. The van der Waals surface area contributed by atoms with Crippen LogP contribution in [0.3, 0.4) is 0 Å². The molecule has 0 aliphatic rings. The van der Waals surface area contributed by atoms with Gasteiger partial charge in [0.05, 0.1) is 12.7 Å². The number of carbonyl (C=O) groups excluding carboxylic acids is 2. The molecule has 0 spiro atoms. The van der Waals surface area contributed by atoms with Crippen LogP contribution in [0.25, 0.3) is 0 Å². The van der Waals surface area contributed by atoms with E-state index in [1.54, 1.807) is 18.7 Å². The Morgan fingerprint density at radius 2 is 1.91 bits per heavy atom. The number of methoxy groups -OCH3 is 1. The van der Waals surface area contributed by atoms with Crippen LogP contribution in [-0.2, 0) is 11.2 Å². The molecule has 0 unspecified atom stereocenters. The van der Waals surface area contributed by atoms with Crippen molar-refractivity contribution in [1.29, 1.82) is 0 Å². The van der Waals surface area contributed by atoms with Gasteiger partial charge < -0.3 is 15.0 Å². The molecule has 0 atom stereocenters. The summed E-state index contributed by atoms with van der Waals surface area (Å²) in [6, 6.07) is 7.59. The molecule has 122 valence electrons. The van der Waals surface area contributed by atoms with Gasteiger partial charge >= 0.3 is 5.97 Å². The molecule has 1 aromatic heterocycles. The fraction of sp³-hybridized carbons (Fsp3) is 0.294. The minimum Gasteiger partial charge on any atom is -0.465 e. The summed E-state index contributed by atoms with van der Waals surface area (Å²) in [6.07, 6.45) is 2.61. The summed E-state index contributed by atoms with van der Waals surface area (Å²) in [5.41, 5.74) is 2.85. The second-order valence-corrected chi connectivity index (χ2v) is 5.89. The Morgan fingerprint density at radius 1 is 1.26 bits per heavy atom. The normalized spacial score (nSPS) is 10.4. The third-order valence-electron chi connectivity index (χ3n) is 3.65. The molecule has 0 bridgehead atoms. The highest BCUT2D eigenvalue weighted by atomic mass is 32.2. The second kappa shape index (κ2) is 7.37. The summed E-state index contributed by atoms with van der Waals surface area (Å²) in [5, 5.41) is 2.84. The average molecular weight is 332 g/mol. The minimum atomic E-state index is -0.432. The molecule has 23 heavy (non-hydrogen) atoms. The second-order valence-electron chi connectivity index (χ2n) is 5.01. The van der Waals surface area contributed by atoms with Crippen molar-refractivity contribution in [2.75, 3.05) is 18.7 Å². The topological polar surface area (TPSA) is 71.2 Å². The number of aromatic nitrogens is 1. The van der Waals surface area contributed by atoms with Gasteiger partial charge in [-0.3, -0.25) is 4.79 Å². The molecule has 0 fully saturated rings. The van der Waals surface area contributed by atoms with E-state index in [9.17, 15) is 9.59 Å². The van der Waals surface area contributed by atoms with Crippen LogP contribution >= 0.6 is 11.8 Å². The first-order valence-electron chi connectivity index (χ1n) is 7.27. The van der Waals surface area contributed by atoms with Crippen molar-refractivity contribution in [2.24, 2.45) is 0 Å². The van der Waals surface area contributed by atoms with Gasteiger partial charge in [-0.05, 0) is 49.4 Å². The third kappa shape index (κ3) is 3.59. The number of hydrogen-bond acceptors (Lipinski definition) is 4. The molecule has 2 rings (SSSR count). The molecule has 0 radical (unpaired) electrons. The van der Waals surface area contributed by atoms with E-state index in [1.807, 2.05) is 37.4 Å². The molecule has 0 aliphatic heterocycles. The molecule has 2 aromatic rings. The summed E-state index contributed by atoms with van der Waals surface area (Å²) in [7, 11) is 1.33. The van der Waals surface area contributed by atoms with Crippen LogP contribution < -0.4 is 5.32 Å². The fourth-order valence-electron chi connectivity index (χ4n) is 2.40. The van der Waals surface area contributed by atoms with Gasteiger partial charge in [0, 0.05) is 16.3 Å². The number of rotatable bonds is 5. The predicted octanol–water partition coefficient (Wildman–Crippen LogP) is 3.65. The number of thioether (sulfide) groups is 1.